The molecule has 2 atom stereocenters. The van der Waals surface area contributed by atoms with Gasteiger partial charge in [-0.2, -0.15) is 0 Å². The van der Waals surface area contributed by atoms with Gasteiger partial charge in [-0.05, 0) is 99.3 Å². The molecule has 0 bridgehead atoms. The number of rotatable bonds is 7. The molecule has 0 saturated heterocycles. The van der Waals surface area contributed by atoms with Crippen molar-refractivity contribution in [1.82, 2.24) is 0 Å². The lowest BCUT2D eigenvalue weighted by Crippen LogP contribution is -2.14. The molecule has 11 rings (SSSR count). The van der Waals surface area contributed by atoms with Crippen LogP contribution in [-0.2, 0) is 0 Å². The molecule has 0 fully saturated rings. The third-order valence-corrected chi connectivity index (χ3v) is 13.2. The number of para-hydroxylation sites is 1. The molecular formula is C55H40N2OS. The van der Waals surface area contributed by atoms with Crippen LogP contribution in [0.1, 0.15) is 42.5 Å². The monoisotopic (exact) mass is 776 g/mol. The lowest BCUT2D eigenvalue weighted by atomic mass is 9.86. The lowest BCUT2D eigenvalue weighted by molar-refractivity contribution is 0.437. The molecule has 0 radical (unpaired) electrons. The minimum Gasteiger partial charge on any atom is -0.456 e. The van der Waals surface area contributed by atoms with E-state index in [0.29, 0.717) is 0 Å². The van der Waals surface area contributed by atoms with Gasteiger partial charge in [-0.25, -0.2) is 4.99 Å². The minimum absolute atomic E-state index is 0.0526. The summed E-state index contributed by atoms with van der Waals surface area (Å²) < 4.78 is 9.26. The Morgan fingerprint density at radius 3 is 1.80 bits per heavy atom. The maximum absolute atomic E-state index is 6.70. The van der Waals surface area contributed by atoms with Gasteiger partial charge in [-0.1, -0.05) is 159 Å². The molecule has 3 heterocycles. The summed E-state index contributed by atoms with van der Waals surface area (Å²) in [5.74, 6) is 1.00. The largest absolute Gasteiger partial charge is 0.456 e. The zero-order valence-electron chi connectivity index (χ0n) is 32.7. The summed E-state index contributed by atoms with van der Waals surface area (Å²) in [5, 5.41) is 4.74. The highest BCUT2D eigenvalue weighted by Crippen LogP contribution is 2.43. The Morgan fingerprint density at radius 1 is 0.508 bits per heavy atom. The van der Waals surface area contributed by atoms with Crippen LogP contribution in [0.25, 0.3) is 75.5 Å². The van der Waals surface area contributed by atoms with E-state index in [2.05, 4.69) is 189 Å². The van der Waals surface area contributed by atoms with E-state index in [4.69, 9.17) is 14.4 Å². The molecule has 3 nitrogen and oxygen atoms in total. The molecule has 0 aliphatic carbocycles. The van der Waals surface area contributed by atoms with Crippen LogP contribution in [0.5, 0.6) is 0 Å². The van der Waals surface area contributed by atoms with E-state index in [9.17, 15) is 0 Å². The summed E-state index contributed by atoms with van der Waals surface area (Å²) in [6.45, 7) is 2.28. The number of thiophene rings is 1. The van der Waals surface area contributed by atoms with Crippen LogP contribution < -0.4 is 0 Å². The van der Waals surface area contributed by atoms with Crippen LogP contribution >= 0.6 is 11.3 Å². The zero-order chi connectivity index (χ0) is 39.3. The summed E-state index contributed by atoms with van der Waals surface area (Å²) >= 11 is 1.85. The number of amidine groups is 1. The van der Waals surface area contributed by atoms with Crippen molar-refractivity contribution in [2.75, 3.05) is 0 Å². The van der Waals surface area contributed by atoms with E-state index in [1.54, 1.807) is 0 Å². The van der Waals surface area contributed by atoms with Gasteiger partial charge in [0.1, 0.15) is 11.2 Å². The van der Waals surface area contributed by atoms with Crippen molar-refractivity contribution >= 4 is 65.0 Å². The molecule has 0 saturated carbocycles. The van der Waals surface area contributed by atoms with Gasteiger partial charge in [0.05, 0.1) is 11.8 Å². The average molecular weight is 777 g/mol. The molecule has 0 amide bonds. The first-order valence-electron chi connectivity index (χ1n) is 20.5. The summed E-state index contributed by atoms with van der Waals surface area (Å²) in [4.78, 5) is 11.2. The molecular weight excluding hydrogens is 737 g/mol. The summed E-state index contributed by atoms with van der Waals surface area (Å²) in [6.07, 6.45) is 1.80. The Hall–Kier alpha value is -6.88. The van der Waals surface area contributed by atoms with Crippen molar-refractivity contribution in [2.24, 2.45) is 15.9 Å². The SMILES string of the molecule is CCC1CC(c2ccc(-c3ccccc3)cc2)=NC(c2cc(-c3ccc4sc5ccc(-c6ccccc6)cc5c4c3)c3c(c2)oc2ccccc23)=NC1c1ccccc1. The Morgan fingerprint density at radius 2 is 1.08 bits per heavy atom. The Bertz CT molecular complexity index is 3210. The molecule has 4 heteroatoms. The van der Waals surface area contributed by atoms with Gasteiger partial charge < -0.3 is 4.42 Å². The van der Waals surface area contributed by atoms with Crippen molar-refractivity contribution < 1.29 is 4.42 Å². The van der Waals surface area contributed by atoms with E-state index in [1.165, 1.54) is 48.0 Å². The number of hydrogen-bond donors (Lipinski definition) is 0. The highest BCUT2D eigenvalue weighted by atomic mass is 32.1. The van der Waals surface area contributed by atoms with Gasteiger partial charge in [0.15, 0.2) is 5.84 Å². The molecule has 1 aliphatic heterocycles. The predicted octanol–water partition coefficient (Wildman–Crippen LogP) is 15.4. The smallest absolute Gasteiger partial charge is 0.155 e. The minimum atomic E-state index is -0.0526. The molecule has 8 aromatic carbocycles. The van der Waals surface area contributed by atoms with E-state index >= 15 is 0 Å². The highest BCUT2D eigenvalue weighted by molar-refractivity contribution is 7.25. The number of aliphatic imine (C=N–C) groups is 2. The van der Waals surface area contributed by atoms with E-state index < -0.39 is 0 Å². The molecule has 1 aliphatic rings. The van der Waals surface area contributed by atoms with Gasteiger partial charge in [-0.15, -0.1) is 11.3 Å². The first-order chi connectivity index (χ1) is 29.2. The topological polar surface area (TPSA) is 37.9 Å². The van der Waals surface area contributed by atoms with Crippen LogP contribution in [0.15, 0.2) is 202 Å². The number of furan rings is 1. The normalized spacial score (nSPS) is 15.7. The van der Waals surface area contributed by atoms with Gasteiger partial charge >= 0.3 is 0 Å². The van der Waals surface area contributed by atoms with E-state index in [-0.39, 0.29) is 12.0 Å². The second-order valence-corrected chi connectivity index (χ2v) is 16.7. The fraction of sp³-hybridized carbons (Fsp3) is 0.0909. The third kappa shape index (κ3) is 6.47. The molecule has 2 unspecified atom stereocenters. The highest BCUT2D eigenvalue weighted by Gasteiger charge is 2.28. The van der Waals surface area contributed by atoms with Crippen molar-refractivity contribution in [3.05, 3.63) is 205 Å². The molecule has 59 heavy (non-hydrogen) atoms. The van der Waals surface area contributed by atoms with E-state index in [0.717, 1.165) is 68.6 Å². The van der Waals surface area contributed by atoms with Crippen molar-refractivity contribution in [3.8, 4) is 33.4 Å². The lowest BCUT2D eigenvalue weighted by Gasteiger charge is -2.22. The Kier molecular flexibility index (Phi) is 8.86. The fourth-order valence-corrected chi connectivity index (χ4v) is 10.0. The van der Waals surface area contributed by atoms with Crippen molar-refractivity contribution in [3.63, 3.8) is 0 Å². The second-order valence-electron chi connectivity index (χ2n) is 15.6. The number of fused-ring (bicyclic) bond motifs is 6. The van der Waals surface area contributed by atoms with Gasteiger partial charge in [0.25, 0.3) is 0 Å². The molecule has 0 spiro atoms. The summed E-state index contributed by atoms with van der Waals surface area (Å²) in [7, 11) is 0. The molecule has 0 N–H and O–H groups in total. The third-order valence-electron chi connectivity index (χ3n) is 12.0. The van der Waals surface area contributed by atoms with Crippen molar-refractivity contribution in [1.29, 1.82) is 0 Å². The number of benzene rings is 8. The number of hydrogen-bond acceptors (Lipinski definition) is 4. The van der Waals surface area contributed by atoms with Gasteiger partial charge in [0.2, 0.25) is 0 Å². The zero-order valence-corrected chi connectivity index (χ0v) is 33.5. The predicted molar refractivity (Wildman–Crippen MR) is 250 cm³/mol. The van der Waals surface area contributed by atoms with Crippen LogP contribution in [-0.4, -0.2) is 11.5 Å². The molecule has 10 aromatic rings. The quantitative estimate of drug-likeness (QED) is 0.159. The standard InChI is InChI=1S/C55H40N2OS/c1-2-35-33-48(39-24-22-38(23-25-39)36-14-6-3-7-15-36)56-55(57-54(35)40-18-10-5-11-19-40)43-32-45(53-44-20-12-13-21-49(44)58-50(53)34-43)42-27-29-52-47(31-42)46-30-41(26-28-51(46)59-52)37-16-8-4-9-17-37/h3-32,34-35,54H,2,33H2,1H3. The summed E-state index contributed by atoms with van der Waals surface area (Å²) in [6, 6.07) is 67.4. The van der Waals surface area contributed by atoms with Gasteiger partial charge in [-0.3, -0.25) is 4.99 Å². The molecule has 2 aromatic heterocycles. The Labute approximate surface area is 347 Å². The fourth-order valence-electron chi connectivity index (χ4n) is 8.94. The van der Waals surface area contributed by atoms with Crippen LogP contribution in [0.2, 0.25) is 0 Å². The second kappa shape index (κ2) is 14.8. The molecule has 282 valence electrons. The first-order valence-corrected chi connectivity index (χ1v) is 21.3. The maximum atomic E-state index is 6.70. The summed E-state index contributed by atoms with van der Waals surface area (Å²) in [5.41, 5.74) is 13.1. The van der Waals surface area contributed by atoms with Crippen LogP contribution in [0.3, 0.4) is 0 Å². The maximum Gasteiger partial charge on any atom is 0.155 e. The van der Waals surface area contributed by atoms with E-state index in [1.807, 2.05) is 17.4 Å². The first kappa shape index (κ1) is 35.3. The van der Waals surface area contributed by atoms with Crippen molar-refractivity contribution in [2.45, 2.75) is 25.8 Å². The number of nitrogens with zero attached hydrogens (tertiary/aromatic N) is 2. The Balaban J connectivity index is 1.11. The average Bonchev–Trinajstić information content (AvgIpc) is 3.80. The van der Waals surface area contributed by atoms with Crippen LogP contribution in [0, 0.1) is 5.92 Å². The van der Waals surface area contributed by atoms with Crippen LogP contribution in [0.4, 0.5) is 0 Å². The van der Waals surface area contributed by atoms with Gasteiger partial charge in [0, 0.05) is 36.5 Å².